The predicted molar refractivity (Wildman–Crippen MR) is 301 cm³/mol. The third-order valence-corrected chi connectivity index (χ3v) is 32.7. The van der Waals surface area contributed by atoms with E-state index in [1.165, 1.54) is 144 Å². The fraction of sp³-hybridized carbons (Fsp3) is 0.759. The van der Waals surface area contributed by atoms with E-state index in [-0.39, 0.29) is 0 Å². The lowest BCUT2D eigenvalue weighted by Crippen LogP contribution is -2.50. The van der Waals surface area contributed by atoms with Crippen molar-refractivity contribution in [3.8, 4) is 11.8 Å². The molecule has 392 valence electrons. The Labute approximate surface area is 428 Å². The number of aryl methyl sites for hydroxylation is 2. The van der Waals surface area contributed by atoms with E-state index >= 15 is 0 Å². The van der Waals surface area contributed by atoms with Gasteiger partial charge in [-0.2, -0.15) is 0 Å². The van der Waals surface area contributed by atoms with Gasteiger partial charge in [-0.3, -0.25) is 0 Å². The second kappa shape index (κ2) is 31.3. The molecule has 4 atom stereocenters. The van der Waals surface area contributed by atoms with E-state index in [1.54, 1.807) is 0 Å². The van der Waals surface area contributed by atoms with Crippen LogP contribution in [0.25, 0.3) is 0 Å². The van der Waals surface area contributed by atoms with Gasteiger partial charge in [0.05, 0.1) is 26.4 Å². The molecule has 0 aromatic heterocycles. The average Bonchev–Trinajstić information content (AvgIpc) is 4.08. The highest BCUT2D eigenvalue weighted by Gasteiger charge is 2.44. The summed E-state index contributed by atoms with van der Waals surface area (Å²) in [6.45, 7) is 27.0. The lowest BCUT2D eigenvalue weighted by molar-refractivity contribution is -0.248. The van der Waals surface area contributed by atoms with E-state index < -0.39 is 33.3 Å². The van der Waals surface area contributed by atoms with Crippen molar-refractivity contribution in [2.45, 2.75) is 241 Å². The monoisotopic (exact) mass is 1020 g/mol. The quantitative estimate of drug-likeness (QED) is 0.0292. The predicted octanol–water partition coefficient (Wildman–Crippen LogP) is 17.0. The summed E-state index contributed by atoms with van der Waals surface area (Å²) in [4.78, 5) is 20.6. The van der Waals surface area contributed by atoms with Crippen LogP contribution in [0.2, 0.25) is 74.5 Å². The van der Waals surface area contributed by atoms with Gasteiger partial charge >= 0.3 is 0 Å². The molecule has 2 aromatic carbocycles. The molecule has 4 rings (SSSR count). The summed E-state index contributed by atoms with van der Waals surface area (Å²) in [5, 5.41) is 0. The van der Waals surface area contributed by atoms with Crippen LogP contribution in [0.15, 0.2) is 48.5 Å². The molecule has 0 N–H and O–H groups in total. The third-order valence-electron chi connectivity index (χ3n) is 16.6. The van der Waals surface area contributed by atoms with Gasteiger partial charge in [-0.15, -0.1) is 11.8 Å². The summed E-state index contributed by atoms with van der Waals surface area (Å²) in [7, 11) is -3.89. The van der Waals surface area contributed by atoms with Crippen LogP contribution in [0, 0.1) is 11.8 Å². The van der Waals surface area contributed by atoms with Gasteiger partial charge in [-0.25, -0.2) is 19.6 Å². The molecule has 0 amide bonds. The second-order valence-corrected chi connectivity index (χ2v) is 40.9. The summed E-state index contributed by atoms with van der Waals surface area (Å²) < 4.78 is 20.3. The highest BCUT2D eigenvalue weighted by atomic mass is 28.4. The highest BCUT2D eigenvalue weighted by Crippen LogP contribution is 2.44. The summed E-state index contributed by atoms with van der Waals surface area (Å²) in [6.07, 6.45) is 28.0. The van der Waals surface area contributed by atoms with E-state index in [4.69, 9.17) is 32.5 Å². The molecule has 69 heavy (non-hydrogen) atoms. The first-order chi connectivity index (χ1) is 33.0. The number of unbranched alkanes of at least 4 members (excludes halogenated alkanes) is 10. The maximum atomic E-state index is 7.66. The fourth-order valence-electron chi connectivity index (χ4n) is 11.4. The Bertz CT molecular complexity index is 1760. The number of benzene rings is 2. The van der Waals surface area contributed by atoms with Gasteiger partial charge in [0.2, 0.25) is 0 Å². The SMILES string of the molecule is CC#CC(CCC(CCCCCCCCc1cccc(C2COOC2)c1)[Si](C)(C)OC)[Si](C)(C)O[Si](C)(C)C(CCC)CCC(CCCCCCCCc1cccc(C2COOC2)c1)[Si](C)(C)OC. The molecule has 0 spiro atoms. The van der Waals surface area contributed by atoms with Crippen molar-refractivity contribution in [1.29, 1.82) is 0 Å². The smallest absolute Gasteiger partial charge is 0.189 e. The molecule has 2 saturated heterocycles. The van der Waals surface area contributed by atoms with Gasteiger partial charge in [0, 0.05) is 31.6 Å². The molecule has 2 fully saturated rings. The second-order valence-electron chi connectivity index (χ2n) is 23.2. The zero-order valence-corrected chi connectivity index (χ0v) is 50.3. The van der Waals surface area contributed by atoms with Gasteiger partial charge in [-0.1, -0.05) is 158 Å². The Hall–Kier alpha value is -1.41. The van der Waals surface area contributed by atoms with E-state index in [9.17, 15) is 0 Å². The first-order valence-electron chi connectivity index (χ1n) is 27.9. The summed E-state index contributed by atoms with van der Waals surface area (Å²) in [5.74, 6) is 7.89. The van der Waals surface area contributed by atoms with Crippen LogP contribution in [0.5, 0.6) is 0 Å². The van der Waals surface area contributed by atoms with Crippen molar-refractivity contribution in [2.75, 3.05) is 40.6 Å². The van der Waals surface area contributed by atoms with Crippen molar-refractivity contribution in [3.05, 3.63) is 70.8 Å². The summed E-state index contributed by atoms with van der Waals surface area (Å²) in [5.41, 5.74) is 7.92. The van der Waals surface area contributed by atoms with E-state index in [0.717, 1.165) is 19.3 Å². The van der Waals surface area contributed by atoms with E-state index in [2.05, 4.69) is 120 Å². The fourth-order valence-corrected chi connectivity index (χ4v) is 25.5. The van der Waals surface area contributed by atoms with Crippen LogP contribution in [0.3, 0.4) is 0 Å². The third kappa shape index (κ3) is 21.2. The van der Waals surface area contributed by atoms with Crippen LogP contribution in [-0.4, -0.2) is 73.9 Å². The zero-order chi connectivity index (χ0) is 50.2. The zero-order valence-electron chi connectivity index (χ0n) is 46.3. The Morgan fingerprint density at radius 3 is 1.29 bits per heavy atom. The van der Waals surface area contributed by atoms with Crippen molar-refractivity contribution in [3.63, 3.8) is 0 Å². The molecule has 0 aliphatic carbocycles. The molecule has 4 unspecified atom stereocenters. The van der Waals surface area contributed by atoms with Crippen LogP contribution in [0.4, 0.5) is 0 Å². The molecule has 2 heterocycles. The average molecular weight is 1020 g/mol. The number of hydrogen-bond donors (Lipinski definition) is 0. The molecule has 0 saturated carbocycles. The van der Waals surface area contributed by atoms with Crippen LogP contribution in [0.1, 0.15) is 176 Å². The maximum absolute atomic E-state index is 7.66. The molecule has 0 radical (unpaired) electrons. The van der Waals surface area contributed by atoms with Crippen molar-refractivity contribution in [2.24, 2.45) is 0 Å². The molecular weight excluding hydrogens is 921 g/mol. The van der Waals surface area contributed by atoms with Crippen LogP contribution < -0.4 is 0 Å². The van der Waals surface area contributed by atoms with Gasteiger partial charge in [0.1, 0.15) is 0 Å². The van der Waals surface area contributed by atoms with Crippen molar-refractivity contribution >= 4 is 33.3 Å². The summed E-state index contributed by atoms with van der Waals surface area (Å²) >= 11 is 0. The Kier molecular flexibility index (Phi) is 27.3. The minimum absolute atomic E-state index is 0.340. The van der Waals surface area contributed by atoms with E-state index in [0.29, 0.717) is 60.4 Å². The van der Waals surface area contributed by atoms with Crippen molar-refractivity contribution in [1.82, 2.24) is 0 Å². The molecule has 2 aromatic rings. The van der Waals surface area contributed by atoms with Crippen LogP contribution >= 0.6 is 0 Å². The maximum Gasteiger partial charge on any atom is 0.189 e. The lowest BCUT2D eigenvalue weighted by Gasteiger charge is -2.43. The first-order valence-corrected chi connectivity index (χ1v) is 39.9. The lowest BCUT2D eigenvalue weighted by atomic mass is 9.97. The molecule has 7 nitrogen and oxygen atoms in total. The van der Waals surface area contributed by atoms with Crippen LogP contribution in [-0.2, 0) is 45.4 Å². The number of hydrogen-bond acceptors (Lipinski definition) is 7. The van der Waals surface area contributed by atoms with Crippen molar-refractivity contribution < 1.29 is 32.5 Å². The van der Waals surface area contributed by atoms with Gasteiger partial charge in [0.15, 0.2) is 33.3 Å². The molecule has 2 aliphatic heterocycles. The topological polar surface area (TPSA) is 64.6 Å². The largest absolute Gasteiger partial charge is 0.454 e. The Morgan fingerprint density at radius 2 is 0.884 bits per heavy atom. The molecule has 0 bridgehead atoms. The minimum atomic E-state index is -2.15. The molecule has 2 aliphatic rings. The number of rotatable bonds is 36. The summed E-state index contributed by atoms with van der Waals surface area (Å²) in [6, 6.07) is 18.1. The highest BCUT2D eigenvalue weighted by molar-refractivity contribution is 6.86. The van der Waals surface area contributed by atoms with Gasteiger partial charge in [0.25, 0.3) is 0 Å². The molecule has 11 heteroatoms. The van der Waals surface area contributed by atoms with Gasteiger partial charge in [-0.05, 0) is 137 Å². The normalized spacial score (nSPS) is 17.2. The standard InChI is InChI=1S/C58H102O7Si4/c1-13-29-55(39-41-57(66(5,6)59-3)37-25-21-17-15-19-23-31-49-33-27-35-51(43-49)53-45-61-62-46-53)68(9,10)65-69(11,12)56(30-14-2)40-42-58(67(7,8)60-4)38-26-22-18-16-20-24-32-50-34-28-36-52(44-50)54-47-63-64-48-54/h27-28,33-36,43-44,53-58H,13,15-26,29,31-32,37-42,45-48H2,1-12H3. The molecular formula is C58H102O7Si4. The first kappa shape index (κ1) is 60.1. The Balaban J connectivity index is 1.21. The minimum Gasteiger partial charge on any atom is -0.454 e. The Morgan fingerprint density at radius 1 is 0.493 bits per heavy atom. The van der Waals surface area contributed by atoms with E-state index in [1.807, 2.05) is 21.1 Å². The van der Waals surface area contributed by atoms with Gasteiger partial charge < -0.3 is 13.0 Å².